The van der Waals surface area contributed by atoms with Gasteiger partial charge in [0.15, 0.2) is 6.61 Å². The Hall–Kier alpha value is -2.96. The lowest BCUT2D eigenvalue weighted by atomic mass is 10.1. The van der Waals surface area contributed by atoms with Crippen molar-refractivity contribution in [2.45, 2.75) is 19.9 Å². The van der Waals surface area contributed by atoms with E-state index in [1.165, 1.54) is 13.2 Å². The van der Waals surface area contributed by atoms with Gasteiger partial charge in [-0.3, -0.25) is 4.79 Å². The lowest BCUT2D eigenvalue weighted by molar-refractivity contribution is -0.124. The van der Waals surface area contributed by atoms with E-state index in [0.29, 0.717) is 5.75 Å². The molecule has 0 radical (unpaired) electrons. The van der Waals surface area contributed by atoms with Crippen LogP contribution in [0.15, 0.2) is 36.4 Å². The van der Waals surface area contributed by atoms with Crippen LogP contribution in [-0.2, 0) is 9.53 Å². The van der Waals surface area contributed by atoms with Crippen LogP contribution < -0.4 is 10.1 Å². The van der Waals surface area contributed by atoms with E-state index in [1.807, 2.05) is 6.92 Å². The Bertz CT molecular complexity index is 823. The molecule has 5 nitrogen and oxygen atoms in total. The summed E-state index contributed by atoms with van der Waals surface area (Å²) in [7, 11) is 1.42. The van der Waals surface area contributed by atoms with E-state index in [1.54, 1.807) is 25.1 Å². The number of carbonyl (C=O) groups excluding carboxylic acids is 2. The van der Waals surface area contributed by atoms with Gasteiger partial charge in [-0.15, -0.1) is 0 Å². The van der Waals surface area contributed by atoms with Crippen molar-refractivity contribution in [1.82, 2.24) is 5.32 Å². The molecule has 1 N–H and O–H groups in total. The number of hydrogen-bond donors (Lipinski definition) is 1. The van der Waals surface area contributed by atoms with Gasteiger partial charge in [0.05, 0.1) is 13.2 Å². The van der Waals surface area contributed by atoms with E-state index in [9.17, 15) is 18.4 Å². The van der Waals surface area contributed by atoms with Gasteiger partial charge in [0.1, 0.15) is 22.9 Å². The van der Waals surface area contributed by atoms with Crippen molar-refractivity contribution in [2.75, 3.05) is 13.7 Å². The molecular formula is C19H19F2NO4. The van der Waals surface area contributed by atoms with E-state index in [2.05, 4.69) is 5.32 Å². The number of hydrogen-bond acceptors (Lipinski definition) is 4. The summed E-state index contributed by atoms with van der Waals surface area (Å²) in [6.45, 7) is 2.81. The van der Waals surface area contributed by atoms with Crippen LogP contribution in [0.3, 0.4) is 0 Å². The minimum Gasteiger partial charge on any atom is -0.496 e. The molecule has 0 bridgehead atoms. The molecule has 0 fully saturated rings. The summed E-state index contributed by atoms with van der Waals surface area (Å²) in [5, 5.41) is 2.49. The maximum atomic E-state index is 13.7. The molecule has 0 aliphatic rings. The van der Waals surface area contributed by atoms with Crippen LogP contribution >= 0.6 is 0 Å². The number of nitrogens with one attached hydrogen (secondary N) is 1. The molecule has 0 spiro atoms. The van der Waals surface area contributed by atoms with Gasteiger partial charge in [-0.05, 0) is 32.0 Å². The van der Waals surface area contributed by atoms with Crippen molar-refractivity contribution in [3.05, 3.63) is 64.7 Å². The van der Waals surface area contributed by atoms with Crippen molar-refractivity contribution in [2.24, 2.45) is 0 Å². The zero-order valence-corrected chi connectivity index (χ0v) is 14.6. The third-order valence-electron chi connectivity index (χ3n) is 3.72. The van der Waals surface area contributed by atoms with Gasteiger partial charge in [0.25, 0.3) is 5.91 Å². The monoisotopic (exact) mass is 363 g/mol. The first-order valence-corrected chi connectivity index (χ1v) is 7.88. The Balaban J connectivity index is 1.96. The van der Waals surface area contributed by atoms with Gasteiger partial charge in [0, 0.05) is 11.6 Å². The maximum absolute atomic E-state index is 13.7. The quantitative estimate of drug-likeness (QED) is 0.800. The number of esters is 1. The molecular weight excluding hydrogens is 344 g/mol. The average molecular weight is 363 g/mol. The molecule has 2 aromatic rings. The number of carbonyl (C=O) groups is 2. The summed E-state index contributed by atoms with van der Waals surface area (Å²) < 4.78 is 36.7. The Morgan fingerprint density at radius 2 is 1.88 bits per heavy atom. The maximum Gasteiger partial charge on any atom is 0.342 e. The first kappa shape index (κ1) is 19.4. The second kappa shape index (κ2) is 8.42. The van der Waals surface area contributed by atoms with Crippen molar-refractivity contribution >= 4 is 11.9 Å². The highest BCUT2D eigenvalue weighted by Gasteiger charge is 2.18. The normalized spacial score (nSPS) is 11.6. The SMILES string of the molecule is COc1ccc(C)cc1C(=O)OCC(=O)N[C@@H](C)c1ccc(F)cc1F. The third-order valence-corrected chi connectivity index (χ3v) is 3.72. The van der Waals surface area contributed by atoms with Crippen molar-refractivity contribution in [1.29, 1.82) is 0 Å². The second-order valence-electron chi connectivity index (χ2n) is 5.73. The summed E-state index contributed by atoms with van der Waals surface area (Å²) in [5.41, 5.74) is 1.17. The Morgan fingerprint density at radius 3 is 2.54 bits per heavy atom. The summed E-state index contributed by atoms with van der Waals surface area (Å²) in [5.74, 6) is -2.45. The number of aryl methyl sites for hydroxylation is 1. The topological polar surface area (TPSA) is 64.6 Å². The van der Waals surface area contributed by atoms with Crippen LogP contribution in [-0.4, -0.2) is 25.6 Å². The fourth-order valence-corrected chi connectivity index (χ4v) is 2.40. The fraction of sp³-hybridized carbons (Fsp3) is 0.263. The van der Waals surface area contributed by atoms with Gasteiger partial charge >= 0.3 is 5.97 Å². The predicted molar refractivity (Wildman–Crippen MR) is 90.9 cm³/mol. The molecule has 0 unspecified atom stereocenters. The number of halogens is 2. The minimum atomic E-state index is -0.765. The van der Waals surface area contributed by atoms with E-state index >= 15 is 0 Å². The molecule has 138 valence electrons. The summed E-state index contributed by atoms with van der Waals surface area (Å²) in [4.78, 5) is 24.1. The predicted octanol–water partition coefficient (Wildman–Crippen LogP) is 3.32. The average Bonchev–Trinajstić information content (AvgIpc) is 2.59. The molecule has 0 aromatic heterocycles. The molecule has 1 amide bonds. The summed E-state index contributed by atoms with van der Waals surface area (Å²) in [6.07, 6.45) is 0. The number of amides is 1. The molecule has 0 aliphatic carbocycles. The minimum absolute atomic E-state index is 0.131. The standard InChI is InChI=1S/C19H19F2NO4/c1-11-4-7-17(25-3)15(8-11)19(24)26-10-18(23)22-12(2)14-6-5-13(20)9-16(14)21/h4-9,12H,10H2,1-3H3,(H,22,23)/t12-/m0/s1. The van der Waals surface area contributed by atoms with Crippen LogP contribution in [0.5, 0.6) is 5.75 Å². The van der Waals surface area contributed by atoms with Gasteiger partial charge < -0.3 is 14.8 Å². The van der Waals surface area contributed by atoms with Gasteiger partial charge in [-0.1, -0.05) is 17.7 Å². The number of benzene rings is 2. The van der Waals surface area contributed by atoms with Crippen molar-refractivity contribution in [3.8, 4) is 5.75 Å². The van der Waals surface area contributed by atoms with Crippen molar-refractivity contribution in [3.63, 3.8) is 0 Å². The van der Waals surface area contributed by atoms with Crippen LogP contribution in [0.25, 0.3) is 0 Å². The van der Waals surface area contributed by atoms with Gasteiger partial charge in [-0.25, -0.2) is 13.6 Å². The Labute approximate surface area is 149 Å². The summed E-state index contributed by atoms with van der Waals surface area (Å²) >= 11 is 0. The van der Waals surface area contributed by atoms with E-state index in [4.69, 9.17) is 9.47 Å². The highest BCUT2D eigenvalue weighted by molar-refractivity contribution is 5.94. The summed E-state index contributed by atoms with van der Waals surface area (Å²) in [6, 6.07) is 7.38. The Morgan fingerprint density at radius 1 is 1.15 bits per heavy atom. The smallest absolute Gasteiger partial charge is 0.342 e. The molecule has 0 heterocycles. The molecule has 0 saturated heterocycles. The molecule has 0 saturated carbocycles. The van der Waals surface area contributed by atoms with Crippen molar-refractivity contribution < 1.29 is 27.8 Å². The molecule has 2 rings (SSSR count). The molecule has 7 heteroatoms. The molecule has 1 atom stereocenters. The molecule has 2 aromatic carbocycles. The first-order chi connectivity index (χ1) is 12.3. The molecule has 26 heavy (non-hydrogen) atoms. The van der Waals surface area contributed by atoms with E-state index in [-0.39, 0.29) is 11.1 Å². The third kappa shape index (κ3) is 4.78. The highest BCUT2D eigenvalue weighted by atomic mass is 19.1. The fourth-order valence-electron chi connectivity index (χ4n) is 2.40. The zero-order chi connectivity index (χ0) is 19.3. The van der Waals surface area contributed by atoms with E-state index in [0.717, 1.165) is 17.7 Å². The van der Waals surface area contributed by atoms with Crippen LogP contribution in [0.2, 0.25) is 0 Å². The van der Waals surface area contributed by atoms with Crippen LogP contribution in [0.4, 0.5) is 8.78 Å². The lowest BCUT2D eigenvalue weighted by Crippen LogP contribution is -2.31. The first-order valence-electron chi connectivity index (χ1n) is 7.88. The highest BCUT2D eigenvalue weighted by Crippen LogP contribution is 2.21. The number of methoxy groups -OCH3 is 1. The Kier molecular flexibility index (Phi) is 6.27. The number of rotatable bonds is 6. The second-order valence-corrected chi connectivity index (χ2v) is 5.73. The van der Waals surface area contributed by atoms with Crippen LogP contribution in [0.1, 0.15) is 34.5 Å². The largest absolute Gasteiger partial charge is 0.496 e. The number of ether oxygens (including phenoxy) is 2. The lowest BCUT2D eigenvalue weighted by Gasteiger charge is -2.15. The molecule has 0 aliphatic heterocycles. The zero-order valence-electron chi connectivity index (χ0n) is 14.6. The van der Waals surface area contributed by atoms with Gasteiger partial charge in [-0.2, -0.15) is 0 Å². The van der Waals surface area contributed by atoms with E-state index < -0.39 is 36.2 Å². The van der Waals surface area contributed by atoms with Gasteiger partial charge in [0.2, 0.25) is 0 Å². The van der Waals surface area contributed by atoms with Crippen LogP contribution in [0, 0.1) is 18.6 Å².